The van der Waals surface area contributed by atoms with Gasteiger partial charge in [-0.05, 0) is 54.3 Å². The topological polar surface area (TPSA) is 9.23 Å². The van der Waals surface area contributed by atoms with Crippen molar-refractivity contribution in [3.63, 3.8) is 0 Å². The molecule has 64 valence electrons. The smallest absolute Gasteiger partial charge is 0.0640 e. The van der Waals surface area contributed by atoms with Gasteiger partial charge in [-0.15, -0.1) is 0 Å². The third-order valence-electron chi connectivity index (χ3n) is 5.94. The standard InChI is InChI=1S/C11H14O/c1-4-5-2-7-9(4)8-3-12-11(7)10(5)6(1)8/h4-11H,1-3H2/t4-,5+,6-,7+,8+,9-,10-,11-/m0/s1. The molecule has 0 spiro atoms. The second-order valence-electron chi connectivity index (χ2n) is 5.74. The van der Waals surface area contributed by atoms with Gasteiger partial charge in [0, 0.05) is 0 Å². The van der Waals surface area contributed by atoms with Gasteiger partial charge in [-0.1, -0.05) is 0 Å². The minimum Gasteiger partial charge on any atom is -0.377 e. The summed E-state index contributed by atoms with van der Waals surface area (Å²) in [7, 11) is 0. The van der Waals surface area contributed by atoms with Gasteiger partial charge in [0.05, 0.1) is 12.7 Å². The van der Waals surface area contributed by atoms with Crippen molar-refractivity contribution in [2.24, 2.45) is 41.4 Å². The molecular formula is C11H14O. The van der Waals surface area contributed by atoms with Crippen LogP contribution in [0.15, 0.2) is 0 Å². The molecule has 2 saturated heterocycles. The summed E-state index contributed by atoms with van der Waals surface area (Å²) in [6, 6.07) is 0. The molecule has 6 bridgehead atoms. The van der Waals surface area contributed by atoms with E-state index in [4.69, 9.17) is 4.74 Å². The van der Waals surface area contributed by atoms with Crippen LogP contribution < -0.4 is 0 Å². The van der Waals surface area contributed by atoms with E-state index in [0.717, 1.165) is 48.2 Å². The van der Waals surface area contributed by atoms with E-state index in [1.807, 2.05) is 0 Å². The number of rotatable bonds is 0. The van der Waals surface area contributed by atoms with Crippen molar-refractivity contribution in [2.75, 3.05) is 6.61 Å². The molecule has 0 aromatic heterocycles. The largest absolute Gasteiger partial charge is 0.377 e. The molecular weight excluding hydrogens is 148 g/mol. The van der Waals surface area contributed by atoms with Crippen LogP contribution in [0.5, 0.6) is 0 Å². The average Bonchev–Trinajstić information content (AvgIpc) is 2.74. The Morgan fingerprint density at radius 1 is 0.750 bits per heavy atom. The lowest BCUT2D eigenvalue weighted by atomic mass is 9.61. The Hall–Kier alpha value is -0.0400. The molecule has 0 amide bonds. The van der Waals surface area contributed by atoms with E-state index in [1.54, 1.807) is 12.8 Å². The zero-order chi connectivity index (χ0) is 7.45. The van der Waals surface area contributed by atoms with Crippen LogP contribution >= 0.6 is 0 Å². The van der Waals surface area contributed by atoms with E-state index >= 15 is 0 Å². The molecule has 12 heavy (non-hydrogen) atoms. The van der Waals surface area contributed by atoms with Crippen molar-refractivity contribution in [1.82, 2.24) is 0 Å². The Morgan fingerprint density at radius 3 is 2.42 bits per heavy atom. The van der Waals surface area contributed by atoms with Crippen molar-refractivity contribution in [1.29, 1.82) is 0 Å². The fraction of sp³-hybridized carbons (Fsp3) is 1.00. The third-order valence-corrected chi connectivity index (χ3v) is 5.94. The Kier molecular flexibility index (Phi) is 0.654. The Bertz CT molecular complexity index is 238. The van der Waals surface area contributed by atoms with Crippen molar-refractivity contribution < 1.29 is 4.74 Å². The molecule has 0 aromatic carbocycles. The summed E-state index contributed by atoms with van der Waals surface area (Å²) in [5.74, 6) is 7.67. The van der Waals surface area contributed by atoms with E-state index in [2.05, 4.69) is 0 Å². The van der Waals surface area contributed by atoms with Crippen LogP contribution in [0, 0.1) is 41.4 Å². The fourth-order valence-corrected chi connectivity index (χ4v) is 6.01. The zero-order valence-electron chi connectivity index (χ0n) is 7.15. The monoisotopic (exact) mass is 162 g/mol. The second-order valence-corrected chi connectivity index (χ2v) is 5.74. The van der Waals surface area contributed by atoms with Crippen LogP contribution in [0.25, 0.3) is 0 Å². The molecule has 0 radical (unpaired) electrons. The molecule has 4 saturated carbocycles. The summed E-state index contributed by atoms with van der Waals surface area (Å²) >= 11 is 0. The van der Waals surface area contributed by atoms with E-state index in [0.29, 0.717) is 0 Å². The van der Waals surface area contributed by atoms with Crippen LogP contribution in [-0.4, -0.2) is 12.7 Å². The minimum atomic E-state index is 0.744. The highest BCUT2D eigenvalue weighted by Gasteiger charge is 2.74. The summed E-state index contributed by atoms with van der Waals surface area (Å²) in [6.07, 6.45) is 3.90. The van der Waals surface area contributed by atoms with Gasteiger partial charge in [-0.2, -0.15) is 0 Å². The van der Waals surface area contributed by atoms with Crippen molar-refractivity contribution in [2.45, 2.75) is 18.9 Å². The van der Waals surface area contributed by atoms with Crippen LogP contribution in [0.2, 0.25) is 0 Å². The minimum absolute atomic E-state index is 0.744. The van der Waals surface area contributed by atoms with Crippen molar-refractivity contribution in [3.05, 3.63) is 0 Å². The van der Waals surface area contributed by atoms with E-state index in [-0.39, 0.29) is 0 Å². The predicted octanol–water partition coefficient (Wildman–Crippen LogP) is 1.53. The van der Waals surface area contributed by atoms with E-state index < -0.39 is 0 Å². The number of hydrogen-bond acceptors (Lipinski definition) is 1. The lowest BCUT2D eigenvalue weighted by Crippen LogP contribution is -2.53. The first-order chi connectivity index (χ1) is 5.95. The fourth-order valence-electron chi connectivity index (χ4n) is 6.01. The number of hydrogen-bond donors (Lipinski definition) is 0. The van der Waals surface area contributed by atoms with Gasteiger partial charge in [0.2, 0.25) is 0 Å². The first kappa shape index (κ1) is 5.64. The Balaban J connectivity index is 1.85. The molecule has 6 fully saturated rings. The first-order valence-electron chi connectivity index (χ1n) is 5.57. The highest BCUT2D eigenvalue weighted by atomic mass is 16.5. The van der Waals surface area contributed by atoms with Gasteiger partial charge in [0.15, 0.2) is 0 Å². The van der Waals surface area contributed by atoms with Gasteiger partial charge >= 0.3 is 0 Å². The summed E-state index contributed by atoms with van der Waals surface area (Å²) in [4.78, 5) is 0. The summed E-state index contributed by atoms with van der Waals surface area (Å²) < 4.78 is 5.96. The first-order valence-corrected chi connectivity index (χ1v) is 5.57. The maximum Gasteiger partial charge on any atom is 0.0640 e. The van der Waals surface area contributed by atoms with Gasteiger partial charge in [0.25, 0.3) is 0 Å². The predicted molar refractivity (Wildman–Crippen MR) is 43.4 cm³/mol. The number of fused-ring (bicyclic) bond motifs is 1. The molecule has 1 heteroatoms. The third kappa shape index (κ3) is 0.334. The van der Waals surface area contributed by atoms with Gasteiger partial charge in [0.1, 0.15) is 0 Å². The molecule has 1 nitrogen and oxygen atoms in total. The molecule has 6 aliphatic rings. The van der Waals surface area contributed by atoms with Crippen molar-refractivity contribution in [3.8, 4) is 0 Å². The van der Waals surface area contributed by atoms with Crippen molar-refractivity contribution >= 4 is 0 Å². The molecule has 4 aliphatic carbocycles. The highest BCUT2D eigenvalue weighted by molar-refractivity contribution is 5.22. The van der Waals surface area contributed by atoms with Gasteiger partial charge in [-0.25, -0.2) is 0 Å². The molecule has 2 heterocycles. The molecule has 2 aliphatic heterocycles. The van der Waals surface area contributed by atoms with E-state index in [1.165, 1.54) is 5.92 Å². The molecule has 0 aromatic rings. The Morgan fingerprint density at radius 2 is 1.50 bits per heavy atom. The maximum absolute atomic E-state index is 5.96. The number of ether oxygens (including phenoxy) is 1. The normalized spacial score (nSPS) is 80.0. The molecule has 8 atom stereocenters. The lowest BCUT2D eigenvalue weighted by molar-refractivity contribution is -0.175. The summed E-state index contributed by atoms with van der Waals surface area (Å²) in [5.41, 5.74) is 0. The molecule has 0 N–H and O–H groups in total. The SMILES string of the molecule is C1O[C@H]2[C@@H]3C[C@@H]4[C@@H]5C[C@@H]([C@@H]1[C@@H]53)[C@H]42. The van der Waals surface area contributed by atoms with Crippen LogP contribution in [0.3, 0.4) is 0 Å². The quantitative estimate of drug-likeness (QED) is 0.525. The second kappa shape index (κ2) is 1.39. The Labute approximate surface area is 72.5 Å². The zero-order valence-corrected chi connectivity index (χ0v) is 7.15. The van der Waals surface area contributed by atoms with Crippen LogP contribution in [-0.2, 0) is 4.74 Å². The average molecular weight is 162 g/mol. The van der Waals surface area contributed by atoms with E-state index in [9.17, 15) is 0 Å². The lowest BCUT2D eigenvalue weighted by Gasteiger charge is -2.51. The van der Waals surface area contributed by atoms with Gasteiger partial charge < -0.3 is 4.74 Å². The highest BCUT2D eigenvalue weighted by Crippen LogP contribution is 2.76. The molecule has 0 unspecified atom stereocenters. The van der Waals surface area contributed by atoms with Crippen LogP contribution in [0.4, 0.5) is 0 Å². The summed E-state index contributed by atoms with van der Waals surface area (Å²) in [5, 5.41) is 0. The summed E-state index contributed by atoms with van der Waals surface area (Å²) in [6.45, 7) is 1.14. The van der Waals surface area contributed by atoms with Gasteiger partial charge in [-0.3, -0.25) is 0 Å². The molecule has 6 rings (SSSR count). The van der Waals surface area contributed by atoms with Crippen LogP contribution in [0.1, 0.15) is 12.8 Å². The maximum atomic E-state index is 5.96.